The summed E-state index contributed by atoms with van der Waals surface area (Å²) in [5, 5.41) is 3.80. The minimum absolute atomic E-state index is 0.0397. The van der Waals surface area contributed by atoms with Crippen molar-refractivity contribution in [2.45, 2.75) is 20.8 Å². The second-order valence-corrected chi connectivity index (χ2v) is 6.33. The standard InChI is InChI=1S/C16H17N3O2S/c1-10-11(2)16(22-12(10)3)18-14(20)9-21-13-5-4-7-19-8-6-17-15(13)19/h4-8H,9H2,1-3H3,(H,18,20). The molecule has 3 heterocycles. The second-order valence-electron chi connectivity index (χ2n) is 5.10. The van der Waals surface area contributed by atoms with Gasteiger partial charge in [0.05, 0.1) is 5.00 Å². The molecule has 0 saturated carbocycles. The van der Waals surface area contributed by atoms with Gasteiger partial charge in [0.15, 0.2) is 18.0 Å². The molecule has 0 spiro atoms. The summed E-state index contributed by atoms with van der Waals surface area (Å²) in [6.45, 7) is 6.09. The number of ether oxygens (including phenoxy) is 1. The lowest BCUT2D eigenvalue weighted by Crippen LogP contribution is -2.20. The first-order valence-corrected chi connectivity index (χ1v) is 7.79. The number of aromatic nitrogens is 2. The van der Waals surface area contributed by atoms with E-state index in [4.69, 9.17) is 4.74 Å². The van der Waals surface area contributed by atoms with Gasteiger partial charge in [-0.05, 0) is 44.0 Å². The van der Waals surface area contributed by atoms with Gasteiger partial charge in [-0.3, -0.25) is 4.79 Å². The third-order valence-corrected chi connectivity index (χ3v) is 4.91. The average molecular weight is 315 g/mol. The highest BCUT2D eigenvalue weighted by Crippen LogP contribution is 2.31. The van der Waals surface area contributed by atoms with Crippen LogP contribution < -0.4 is 10.1 Å². The first kappa shape index (κ1) is 14.6. The van der Waals surface area contributed by atoms with Crippen molar-refractivity contribution in [2.75, 3.05) is 11.9 Å². The molecule has 0 bridgehead atoms. The molecule has 0 unspecified atom stereocenters. The minimum atomic E-state index is -0.169. The van der Waals surface area contributed by atoms with Crippen LogP contribution in [0.2, 0.25) is 0 Å². The molecule has 0 saturated heterocycles. The number of amides is 1. The summed E-state index contributed by atoms with van der Waals surface area (Å²) in [6, 6.07) is 3.67. The number of thiophene rings is 1. The Morgan fingerprint density at radius 3 is 2.86 bits per heavy atom. The highest BCUT2D eigenvalue weighted by Gasteiger charge is 2.12. The molecule has 0 fully saturated rings. The quantitative estimate of drug-likeness (QED) is 0.803. The third-order valence-electron chi connectivity index (χ3n) is 3.68. The molecule has 22 heavy (non-hydrogen) atoms. The van der Waals surface area contributed by atoms with Gasteiger partial charge in [0, 0.05) is 23.5 Å². The smallest absolute Gasteiger partial charge is 0.262 e. The number of anilines is 1. The second kappa shape index (κ2) is 5.81. The summed E-state index contributed by atoms with van der Waals surface area (Å²) in [5.74, 6) is 0.427. The van der Waals surface area contributed by atoms with E-state index in [1.807, 2.05) is 29.8 Å². The van der Waals surface area contributed by atoms with E-state index in [0.29, 0.717) is 11.4 Å². The Bertz CT molecular complexity index is 835. The number of fused-ring (bicyclic) bond motifs is 1. The molecule has 0 atom stereocenters. The van der Waals surface area contributed by atoms with Crippen LogP contribution in [-0.2, 0) is 4.79 Å². The first-order valence-electron chi connectivity index (χ1n) is 6.97. The maximum Gasteiger partial charge on any atom is 0.262 e. The SMILES string of the molecule is Cc1sc(NC(=O)COc2cccn3ccnc23)c(C)c1C. The maximum absolute atomic E-state index is 12.1. The Morgan fingerprint density at radius 1 is 1.32 bits per heavy atom. The fourth-order valence-electron chi connectivity index (χ4n) is 2.20. The Kier molecular flexibility index (Phi) is 3.85. The number of carbonyl (C=O) groups excluding carboxylic acids is 1. The van der Waals surface area contributed by atoms with E-state index in [2.05, 4.69) is 24.1 Å². The normalized spacial score (nSPS) is 10.9. The zero-order chi connectivity index (χ0) is 15.7. The average Bonchev–Trinajstić information content (AvgIpc) is 3.07. The lowest BCUT2D eigenvalue weighted by molar-refractivity contribution is -0.118. The predicted molar refractivity (Wildman–Crippen MR) is 87.8 cm³/mol. The van der Waals surface area contributed by atoms with Gasteiger partial charge in [0.1, 0.15) is 0 Å². The van der Waals surface area contributed by atoms with E-state index in [0.717, 1.165) is 10.6 Å². The summed E-state index contributed by atoms with van der Waals surface area (Å²) in [5.41, 5.74) is 3.05. The summed E-state index contributed by atoms with van der Waals surface area (Å²) in [7, 11) is 0. The van der Waals surface area contributed by atoms with Crippen LogP contribution in [0.5, 0.6) is 5.75 Å². The van der Waals surface area contributed by atoms with E-state index in [-0.39, 0.29) is 12.5 Å². The summed E-state index contributed by atoms with van der Waals surface area (Å²) < 4.78 is 7.45. The highest BCUT2D eigenvalue weighted by molar-refractivity contribution is 7.16. The summed E-state index contributed by atoms with van der Waals surface area (Å²) in [4.78, 5) is 17.5. The van der Waals surface area contributed by atoms with Crippen LogP contribution in [0.15, 0.2) is 30.7 Å². The third kappa shape index (κ3) is 2.69. The van der Waals surface area contributed by atoms with Crippen LogP contribution in [0.3, 0.4) is 0 Å². The molecule has 0 aliphatic rings. The fourth-order valence-corrected chi connectivity index (χ4v) is 3.28. The van der Waals surface area contributed by atoms with Gasteiger partial charge >= 0.3 is 0 Å². The Labute approximate surface area is 132 Å². The number of carbonyl (C=O) groups is 1. The molecule has 0 aliphatic carbocycles. The predicted octanol–water partition coefficient (Wildman–Crippen LogP) is 3.34. The van der Waals surface area contributed by atoms with E-state index < -0.39 is 0 Å². The molecule has 1 amide bonds. The van der Waals surface area contributed by atoms with E-state index in [1.165, 1.54) is 10.4 Å². The monoisotopic (exact) mass is 315 g/mol. The summed E-state index contributed by atoms with van der Waals surface area (Å²) >= 11 is 1.59. The molecule has 114 valence electrons. The zero-order valence-corrected chi connectivity index (χ0v) is 13.5. The molecular weight excluding hydrogens is 298 g/mol. The van der Waals surface area contributed by atoms with Gasteiger partial charge in [0.25, 0.3) is 5.91 Å². The number of imidazole rings is 1. The lowest BCUT2D eigenvalue weighted by atomic mass is 10.2. The van der Waals surface area contributed by atoms with Crippen LogP contribution >= 0.6 is 11.3 Å². The van der Waals surface area contributed by atoms with Crippen LogP contribution in [0.25, 0.3) is 5.65 Å². The number of nitrogens with one attached hydrogen (secondary N) is 1. The van der Waals surface area contributed by atoms with Crippen molar-refractivity contribution in [1.82, 2.24) is 9.38 Å². The molecule has 0 aliphatic heterocycles. The molecule has 1 N–H and O–H groups in total. The van der Waals surface area contributed by atoms with Crippen LogP contribution in [-0.4, -0.2) is 21.9 Å². The number of nitrogens with zero attached hydrogens (tertiary/aromatic N) is 2. The van der Waals surface area contributed by atoms with Crippen molar-refractivity contribution < 1.29 is 9.53 Å². The molecule has 0 aromatic carbocycles. The Morgan fingerprint density at radius 2 is 2.14 bits per heavy atom. The van der Waals surface area contributed by atoms with Crippen molar-refractivity contribution in [1.29, 1.82) is 0 Å². The van der Waals surface area contributed by atoms with Crippen LogP contribution in [0.4, 0.5) is 5.00 Å². The maximum atomic E-state index is 12.1. The molecular formula is C16H17N3O2S. The van der Waals surface area contributed by atoms with Gasteiger partial charge in [-0.15, -0.1) is 11.3 Å². The topological polar surface area (TPSA) is 55.6 Å². The van der Waals surface area contributed by atoms with E-state index in [1.54, 1.807) is 23.6 Å². The minimum Gasteiger partial charge on any atom is -0.480 e. The molecule has 3 rings (SSSR count). The van der Waals surface area contributed by atoms with Crippen molar-refractivity contribution in [3.63, 3.8) is 0 Å². The number of aryl methyl sites for hydroxylation is 1. The molecule has 5 nitrogen and oxygen atoms in total. The fraction of sp³-hybridized carbons (Fsp3) is 0.250. The van der Waals surface area contributed by atoms with Gasteiger partial charge in [-0.25, -0.2) is 4.98 Å². The Balaban J connectivity index is 1.67. The van der Waals surface area contributed by atoms with Gasteiger partial charge in [-0.2, -0.15) is 0 Å². The number of rotatable bonds is 4. The van der Waals surface area contributed by atoms with Crippen molar-refractivity contribution in [2.24, 2.45) is 0 Å². The Hall–Kier alpha value is -2.34. The molecule has 0 radical (unpaired) electrons. The molecule has 3 aromatic rings. The summed E-state index contributed by atoms with van der Waals surface area (Å²) in [6.07, 6.45) is 5.42. The number of hydrogen-bond acceptors (Lipinski definition) is 4. The molecule has 6 heteroatoms. The molecule has 3 aromatic heterocycles. The number of hydrogen-bond donors (Lipinski definition) is 1. The highest BCUT2D eigenvalue weighted by atomic mass is 32.1. The van der Waals surface area contributed by atoms with Gasteiger partial charge < -0.3 is 14.5 Å². The van der Waals surface area contributed by atoms with Gasteiger partial charge in [0.2, 0.25) is 0 Å². The van der Waals surface area contributed by atoms with Crippen LogP contribution in [0.1, 0.15) is 16.0 Å². The first-order chi connectivity index (χ1) is 10.6. The van der Waals surface area contributed by atoms with Crippen molar-refractivity contribution in [3.8, 4) is 5.75 Å². The lowest BCUT2D eigenvalue weighted by Gasteiger charge is -2.08. The van der Waals surface area contributed by atoms with Crippen molar-refractivity contribution in [3.05, 3.63) is 46.7 Å². The van der Waals surface area contributed by atoms with Crippen molar-refractivity contribution >= 4 is 27.9 Å². The van der Waals surface area contributed by atoms with E-state index >= 15 is 0 Å². The van der Waals surface area contributed by atoms with Gasteiger partial charge in [-0.1, -0.05) is 0 Å². The van der Waals surface area contributed by atoms with E-state index in [9.17, 15) is 4.79 Å². The number of pyridine rings is 1. The largest absolute Gasteiger partial charge is 0.480 e. The van der Waals surface area contributed by atoms with Crippen LogP contribution in [0, 0.1) is 20.8 Å². The zero-order valence-electron chi connectivity index (χ0n) is 12.7.